The molecule has 0 atom stereocenters. The molecule has 0 saturated heterocycles. The largest absolute Gasteiger partial charge is 0.481 e. The minimum atomic E-state index is -0.839. The van der Waals surface area contributed by atoms with Crippen LogP contribution >= 0.6 is 11.3 Å². The third-order valence-corrected chi connectivity index (χ3v) is 2.85. The van der Waals surface area contributed by atoms with Crippen molar-refractivity contribution < 1.29 is 14.7 Å². The van der Waals surface area contributed by atoms with Crippen molar-refractivity contribution in [2.45, 2.75) is 32.7 Å². The van der Waals surface area contributed by atoms with E-state index in [0.29, 0.717) is 11.6 Å². The van der Waals surface area contributed by atoms with E-state index in [9.17, 15) is 9.59 Å². The van der Waals surface area contributed by atoms with Crippen molar-refractivity contribution in [3.05, 3.63) is 11.1 Å². The lowest BCUT2D eigenvalue weighted by atomic mass is 10.2. The van der Waals surface area contributed by atoms with E-state index in [1.807, 2.05) is 13.8 Å². The Morgan fingerprint density at radius 3 is 2.83 bits per heavy atom. The highest BCUT2D eigenvalue weighted by Crippen LogP contribution is 2.16. The Balaban J connectivity index is 2.35. The fourth-order valence-corrected chi connectivity index (χ4v) is 2.01. The third kappa shape index (κ3) is 5.62. The van der Waals surface area contributed by atoms with Crippen molar-refractivity contribution in [1.82, 2.24) is 10.3 Å². The predicted octanol–water partition coefficient (Wildman–Crippen LogP) is 1.10. The molecule has 1 heterocycles. The zero-order chi connectivity index (χ0) is 13.5. The molecule has 6 nitrogen and oxygen atoms in total. The summed E-state index contributed by atoms with van der Waals surface area (Å²) < 4.78 is 0. The van der Waals surface area contributed by atoms with Crippen LogP contribution in [-0.2, 0) is 16.0 Å². The minimum absolute atomic E-state index is 0.0665. The second-order valence-corrected chi connectivity index (χ2v) is 4.97. The summed E-state index contributed by atoms with van der Waals surface area (Å²) in [6, 6.07) is 0.113. The van der Waals surface area contributed by atoms with Crippen molar-refractivity contribution in [2.75, 3.05) is 11.9 Å². The molecular weight excluding hydrogens is 254 g/mol. The van der Waals surface area contributed by atoms with Crippen LogP contribution in [0.4, 0.5) is 5.13 Å². The highest BCUT2D eigenvalue weighted by Gasteiger charge is 2.07. The summed E-state index contributed by atoms with van der Waals surface area (Å²) in [5, 5.41) is 16.6. The SMILES string of the molecule is CC(C)NC(=O)CNc1nc(CCC(=O)O)cs1. The number of anilines is 1. The lowest BCUT2D eigenvalue weighted by Gasteiger charge is -2.08. The first kappa shape index (κ1) is 14.4. The first-order chi connectivity index (χ1) is 8.47. The van der Waals surface area contributed by atoms with Crippen LogP contribution in [0.3, 0.4) is 0 Å². The number of nitrogens with zero attached hydrogens (tertiary/aromatic N) is 1. The number of hydrogen-bond donors (Lipinski definition) is 3. The molecule has 0 aliphatic heterocycles. The normalized spacial score (nSPS) is 10.4. The summed E-state index contributed by atoms with van der Waals surface area (Å²) in [7, 11) is 0. The second kappa shape index (κ2) is 6.95. The second-order valence-electron chi connectivity index (χ2n) is 4.11. The van der Waals surface area contributed by atoms with E-state index < -0.39 is 5.97 Å². The van der Waals surface area contributed by atoms with Crippen LogP contribution in [0.2, 0.25) is 0 Å². The number of carbonyl (C=O) groups excluding carboxylic acids is 1. The molecule has 0 radical (unpaired) electrons. The molecule has 0 aliphatic rings. The summed E-state index contributed by atoms with van der Waals surface area (Å²) in [4.78, 5) is 26.0. The van der Waals surface area contributed by atoms with Crippen molar-refractivity contribution in [2.24, 2.45) is 0 Å². The van der Waals surface area contributed by atoms with E-state index in [1.54, 1.807) is 5.38 Å². The summed E-state index contributed by atoms with van der Waals surface area (Å²) in [6.07, 6.45) is 0.475. The molecule has 1 aromatic rings. The van der Waals surface area contributed by atoms with Gasteiger partial charge in [-0.25, -0.2) is 4.98 Å². The van der Waals surface area contributed by atoms with Crippen LogP contribution in [0.25, 0.3) is 0 Å². The van der Waals surface area contributed by atoms with Gasteiger partial charge in [0.05, 0.1) is 18.7 Å². The maximum atomic E-state index is 11.4. The zero-order valence-corrected chi connectivity index (χ0v) is 11.2. The van der Waals surface area contributed by atoms with E-state index in [-0.39, 0.29) is 24.9 Å². The van der Waals surface area contributed by atoms with Crippen LogP contribution in [-0.4, -0.2) is 34.6 Å². The Labute approximate surface area is 109 Å². The first-order valence-corrected chi connectivity index (χ1v) is 6.54. The number of aliphatic carboxylic acids is 1. The zero-order valence-electron chi connectivity index (χ0n) is 10.4. The number of aromatic nitrogens is 1. The van der Waals surface area contributed by atoms with Gasteiger partial charge in [-0.15, -0.1) is 11.3 Å². The van der Waals surface area contributed by atoms with Gasteiger partial charge in [-0.05, 0) is 13.8 Å². The molecule has 0 aliphatic carbocycles. The lowest BCUT2D eigenvalue weighted by molar-refractivity contribution is -0.137. The van der Waals surface area contributed by atoms with Gasteiger partial charge >= 0.3 is 5.97 Å². The number of carbonyl (C=O) groups is 2. The third-order valence-electron chi connectivity index (χ3n) is 2.00. The molecule has 1 amide bonds. The van der Waals surface area contributed by atoms with Crippen LogP contribution in [0, 0.1) is 0 Å². The average molecular weight is 271 g/mol. The Hall–Kier alpha value is -1.63. The number of carboxylic acid groups (broad SMARTS) is 1. The maximum Gasteiger partial charge on any atom is 0.303 e. The quantitative estimate of drug-likeness (QED) is 0.690. The van der Waals surface area contributed by atoms with E-state index in [2.05, 4.69) is 15.6 Å². The smallest absolute Gasteiger partial charge is 0.303 e. The average Bonchev–Trinajstić information content (AvgIpc) is 2.70. The van der Waals surface area contributed by atoms with Crippen molar-refractivity contribution in [1.29, 1.82) is 0 Å². The highest BCUT2D eigenvalue weighted by atomic mass is 32.1. The summed E-state index contributed by atoms with van der Waals surface area (Å²) in [5.74, 6) is -0.930. The van der Waals surface area contributed by atoms with Gasteiger partial charge in [0, 0.05) is 17.8 Å². The molecular formula is C11H17N3O3S. The first-order valence-electron chi connectivity index (χ1n) is 5.67. The minimum Gasteiger partial charge on any atom is -0.481 e. The monoisotopic (exact) mass is 271 g/mol. The summed E-state index contributed by atoms with van der Waals surface area (Å²) in [6.45, 7) is 3.96. The Bertz CT molecular complexity index is 417. The fraction of sp³-hybridized carbons (Fsp3) is 0.545. The molecule has 0 unspecified atom stereocenters. The van der Waals surface area contributed by atoms with E-state index in [1.165, 1.54) is 11.3 Å². The maximum absolute atomic E-state index is 11.4. The van der Waals surface area contributed by atoms with Crippen molar-refractivity contribution in [3.8, 4) is 0 Å². The van der Waals surface area contributed by atoms with Gasteiger partial charge in [-0.2, -0.15) is 0 Å². The number of aryl methyl sites for hydroxylation is 1. The van der Waals surface area contributed by atoms with Gasteiger partial charge in [0.25, 0.3) is 0 Å². The standard InChI is InChI=1S/C11H17N3O3S/c1-7(2)13-9(15)5-12-11-14-8(6-18-11)3-4-10(16)17/h6-7H,3-5H2,1-2H3,(H,12,14)(H,13,15)(H,16,17). The molecule has 0 saturated carbocycles. The summed E-state index contributed by atoms with van der Waals surface area (Å²) in [5.41, 5.74) is 0.731. The van der Waals surface area contributed by atoms with Crippen molar-refractivity contribution in [3.63, 3.8) is 0 Å². The molecule has 0 aromatic carbocycles. The number of carboxylic acids is 1. The van der Waals surface area contributed by atoms with Gasteiger partial charge in [0.2, 0.25) is 5.91 Å². The van der Waals surface area contributed by atoms with Gasteiger partial charge in [0.15, 0.2) is 5.13 Å². The molecule has 0 bridgehead atoms. The number of thiazole rings is 1. The molecule has 100 valence electrons. The highest BCUT2D eigenvalue weighted by molar-refractivity contribution is 7.13. The molecule has 3 N–H and O–H groups in total. The molecule has 18 heavy (non-hydrogen) atoms. The van der Waals surface area contributed by atoms with E-state index >= 15 is 0 Å². The Kier molecular flexibility index (Phi) is 5.57. The van der Waals surface area contributed by atoms with E-state index in [0.717, 1.165) is 5.69 Å². The molecule has 7 heteroatoms. The van der Waals surface area contributed by atoms with Gasteiger partial charge in [0.1, 0.15) is 0 Å². The molecule has 0 spiro atoms. The van der Waals surface area contributed by atoms with Crippen LogP contribution in [0.1, 0.15) is 26.0 Å². The molecule has 0 fully saturated rings. The van der Waals surface area contributed by atoms with Gasteiger partial charge in [-0.1, -0.05) is 0 Å². The van der Waals surface area contributed by atoms with Gasteiger partial charge < -0.3 is 15.7 Å². The molecule has 1 rings (SSSR count). The Morgan fingerprint density at radius 2 is 2.22 bits per heavy atom. The summed E-state index contributed by atoms with van der Waals surface area (Å²) >= 11 is 1.37. The lowest BCUT2D eigenvalue weighted by Crippen LogP contribution is -2.34. The van der Waals surface area contributed by atoms with Crippen LogP contribution in [0.5, 0.6) is 0 Å². The topological polar surface area (TPSA) is 91.3 Å². The van der Waals surface area contributed by atoms with Crippen molar-refractivity contribution >= 4 is 28.3 Å². The number of hydrogen-bond acceptors (Lipinski definition) is 5. The van der Waals surface area contributed by atoms with Gasteiger partial charge in [-0.3, -0.25) is 9.59 Å². The predicted molar refractivity (Wildman–Crippen MR) is 69.8 cm³/mol. The number of rotatable bonds is 7. The molecule has 1 aromatic heterocycles. The number of nitrogens with one attached hydrogen (secondary N) is 2. The fourth-order valence-electron chi connectivity index (χ4n) is 1.27. The Morgan fingerprint density at radius 1 is 1.50 bits per heavy atom. The number of amides is 1. The van der Waals surface area contributed by atoms with E-state index in [4.69, 9.17) is 5.11 Å². The van der Waals surface area contributed by atoms with Crippen LogP contribution in [0.15, 0.2) is 5.38 Å². The van der Waals surface area contributed by atoms with Crippen LogP contribution < -0.4 is 10.6 Å².